The van der Waals surface area contributed by atoms with Crippen molar-refractivity contribution >= 4 is 5.97 Å². The van der Waals surface area contributed by atoms with Crippen molar-refractivity contribution in [3.05, 3.63) is 11.6 Å². The summed E-state index contributed by atoms with van der Waals surface area (Å²) < 4.78 is 29.7. The van der Waals surface area contributed by atoms with Gasteiger partial charge in [0.2, 0.25) is 0 Å². The van der Waals surface area contributed by atoms with Gasteiger partial charge in [0, 0.05) is 24.3 Å². The van der Waals surface area contributed by atoms with Crippen LogP contribution in [0.15, 0.2) is 11.6 Å². The monoisotopic (exact) mass is 650 g/mol. The molecule has 5 N–H and O–H groups in total. The van der Waals surface area contributed by atoms with E-state index < -0.39 is 66.3 Å². The van der Waals surface area contributed by atoms with Gasteiger partial charge in [-0.1, -0.05) is 13.8 Å². The van der Waals surface area contributed by atoms with Crippen LogP contribution in [-0.4, -0.2) is 105 Å². The van der Waals surface area contributed by atoms with E-state index in [2.05, 4.69) is 13.8 Å². The minimum absolute atomic E-state index is 0.00120. The van der Waals surface area contributed by atoms with Gasteiger partial charge in [-0.15, -0.1) is 0 Å². The smallest absolute Gasteiger partial charge is 0.331 e. The van der Waals surface area contributed by atoms with Crippen molar-refractivity contribution in [3.8, 4) is 0 Å². The number of rotatable bonds is 5. The Bertz CT molecular complexity index is 1170. The first-order valence-corrected chi connectivity index (χ1v) is 17.7. The molecule has 4 saturated carbocycles. The SMILES string of the molecule is C[C@H]1O[C@@H](O[C@H]2[C@@H](O)C[C@H](OC3CC[C@@]4(C)C(CC[C@@H]5[C@@H]4C(O)C[C@]4(C)[C@@H](C6=CC(=O)OC6)CC[C@]54O)C3)O[C@@H]2C)C[C@H](O)[C@@H]1O. The lowest BCUT2D eigenvalue weighted by molar-refractivity contribution is -0.318. The zero-order chi connectivity index (χ0) is 32.8. The van der Waals surface area contributed by atoms with E-state index in [0.717, 1.165) is 44.1 Å². The summed E-state index contributed by atoms with van der Waals surface area (Å²) in [4.78, 5) is 11.9. The van der Waals surface area contributed by atoms with Gasteiger partial charge in [-0.3, -0.25) is 0 Å². The molecular weight excluding hydrogens is 596 g/mol. The lowest BCUT2D eigenvalue weighted by Crippen LogP contribution is -2.66. The molecule has 3 unspecified atom stereocenters. The van der Waals surface area contributed by atoms with Gasteiger partial charge in [0.15, 0.2) is 12.6 Å². The Kier molecular flexibility index (Phi) is 8.71. The van der Waals surface area contributed by atoms with Gasteiger partial charge in [-0.05, 0) is 99.9 Å². The summed E-state index contributed by atoms with van der Waals surface area (Å²) in [6, 6.07) is 0. The molecule has 0 aromatic carbocycles. The molecule has 0 amide bonds. The molecule has 11 nitrogen and oxygen atoms in total. The quantitative estimate of drug-likeness (QED) is 0.219. The van der Waals surface area contributed by atoms with E-state index in [1.807, 2.05) is 6.92 Å². The fourth-order valence-corrected chi connectivity index (χ4v) is 11.4. The third-order valence-electron chi connectivity index (χ3n) is 13.8. The minimum Gasteiger partial charge on any atom is -0.458 e. The first kappa shape index (κ1) is 33.4. The fourth-order valence-electron chi connectivity index (χ4n) is 11.4. The third kappa shape index (κ3) is 5.31. The largest absolute Gasteiger partial charge is 0.458 e. The van der Waals surface area contributed by atoms with Crippen LogP contribution in [0.1, 0.15) is 91.9 Å². The fraction of sp³-hybridized carbons (Fsp3) is 0.914. The van der Waals surface area contributed by atoms with Gasteiger partial charge in [0.05, 0.1) is 42.2 Å². The summed E-state index contributed by atoms with van der Waals surface area (Å²) in [5.41, 5.74) is -0.562. The van der Waals surface area contributed by atoms with Gasteiger partial charge in [-0.25, -0.2) is 4.79 Å². The number of aliphatic hydroxyl groups is 5. The molecule has 3 heterocycles. The second-order valence-corrected chi connectivity index (χ2v) is 16.2. The van der Waals surface area contributed by atoms with Gasteiger partial charge < -0.3 is 49.2 Å². The molecule has 4 aliphatic carbocycles. The summed E-state index contributed by atoms with van der Waals surface area (Å²) >= 11 is 0. The predicted octanol–water partition coefficient (Wildman–Crippen LogP) is 2.34. The van der Waals surface area contributed by atoms with E-state index in [4.69, 9.17) is 23.7 Å². The number of carbonyl (C=O) groups excluding carboxylic acids is 1. The van der Waals surface area contributed by atoms with Crippen molar-refractivity contribution in [2.75, 3.05) is 6.61 Å². The Balaban J connectivity index is 0.978. The number of cyclic esters (lactones) is 1. The summed E-state index contributed by atoms with van der Waals surface area (Å²) in [5, 5.41) is 55.5. The van der Waals surface area contributed by atoms with E-state index in [0.29, 0.717) is 18.8 Å². The number of hydrogen-bond donors (Lipinski definition) is 5. The van der Waals surface area contributed by atoms with Crippen LogP contribution in [0.2, 0.25) is 0 Å². The predicted molar refractivity (Wildman–Crippen MR) is 163 cm³/mol. The van der Waals surface area contributed by atoms with E-state index in [1.54, 1.807) is 13.0 Å². The molecule has 46 heavy (non-hydrogen) atoms. The molecule has 0 aromatic rings. The zero-order valence-corrected chi connectivity index (χ0v) is 27.6. The van der Waals surface area contributed by atoms with Crippen LogP contribution in [0.4, 0.5) is 0 Å². The number of carbonyl (C=O) groups is 1. The van der Waals surface area contributed by atoms with Crippen LogP contribution in [0.3, 0.4) is 0 Å². The van der Waals surface area contributed by atoms with Crippen molar-refractivity contribution in [2.24, 2.45) is 34.5 Å². The van der Waals surface area contributed by atoms with E-state index in [-0.39, 0.29) is 54.7 Å². The van der Waals surface area contributed by atoms with Gasteiger partial charge in [0.25, 0.3) is 0 Å². The Morgan fingerprint density at radius 2 is 1.57 bits per heavy atom. The lowest BCUT2D eigenvalue weighted by Gasteiger charge is -2.65. The Morgan fingerprint density at radius 1 is 0.848 bits per heavy atom. The van der Waals surface area contributed by atoms with Crippen molar-refractivity contribution in [2.45, 2.75) is 159 Å². The standard InChI is InChI=1S/C35H54O11/c1-17-31(40)24(36)13-29(43-17)46-32-18(2)44-28(14-25(32)37)45-21-7-9-33(3)20(12-21)5-6-23-30(33)26(38)15-34(4)22(8-10-35(23,34)41)19-11-27(39)42-16-19/h11,17-18,20-26,28-32,36-38,40-41H,5-10,12-16H2,1-4H3/t17-,18-,20?,21?,22-,23-,24+,25+,26?,28+,29+,30-,31-,32-,33+,34-,35+/m1/s1. The summed E-state index contributed by atoms with van der Waals surface area (Å²) in [7, 11) is 0. The molecule has 6 fully saturated rings. The summed E-state index contributed by atoms with van der Waals surface area (Å²) in [5.74, 6) is 0.0565. The molecular formula is C35H54O11. The molecule has 17 atom stereocenters. The van der Waals surface area contributed by atoms with Crippen LogP contribution in [0.25, 0.3) is 0 Å². The summed E-state index contributed by atoms with van der Waals surface area (Å²) in [6.07, 6.45) is 1.96. The molecule has 0 spiro atoms. The highest BCUT2D eigenvalue weighted by atomic mass is 16.7. The van der Waals surface area contributed by atoms with Gasteiger partial charge in [0.1, 0.15) is 18.8 Å². The molecule has 260 valence electrons. The molecule has 3 aliphatic heterocycles. The highest BCUT2D eigenvalue weighted by Gasteiger charge is 2.70. The maximum atomic E-state index is 12.5. The van der Waals surface area contributed by atoms with Crippen LogP contribution in [0.5, 0.6) is 0 Å². The second-order valence-electron chi connectivity index (χ2n) is 16.2. The van der Waals surface area contributed by atoms with Gasteiger partial charge in [-0.2, -0.15) is 0 Å². The van der Waals surface area contributed by atoms with Crippen molar-refractivity contribution < 1.29 is 54.0 Å². The Hall–Kier alpha value is -1.15. The number of hydrogen-bond acceptors (Lipinski definition) is 11. The Labute approximate surface area is 271 Å². The summed E-state index contributed by atoms with van der Waals surface area (Å²) in [6.45, 7) is 8.24. The molecule has 0 aromatic heterocycles. The number of aliphatic hydroxyl groups excluding tert-OH is 4. The first-order valence-electron chi connectivity index (χ1n) is 17.7. The average Bonchev–Trinajstić information content (AvgIpc) is 3.53. The molecule has 0 bridgehead atoms. The molecule has 0 radical (unpaired) electrons. The van der Waals surface area contributed by atoms with Crippen molar-refractivity contribution in [1.29, 1.82) is 0 Å². The van der Waals surface area contributed by atoms with Crippen molar-refractivity contribution in [1.82, 2.24) is 0 Å². The minimum atomic E-state index is -0.973. The topological polar surface area (TPSA) is 164 Å². The normalized spacial score (nSPS) is 55.6. The molecule has 7 rings (SSSR count). The lowest BCUT2D eigenvalue weighted by atomic mass is 9.42. The van der Waals surface area contributed by atoms with Crippen LogP contribution >= 0.6 is 0 Å². The number of ether oxygens (including phenoxy) is 5. The highest BCUT2D eigenvalue weighted by molar-refractivity contribution is 5.85. The van der Waals surface area contributed by atoms with Crippen LogP contribution < -0.4 is 0 Å². The van der Waals surface area contributed by atoms with E-state index >= 15 is 0 Å². The maximum Gasteiger partial charge on any atom is 0.331 e. The average molecular weight is 651 g/mol. The van der Waals surface area contributed by atoms with Gasteiger partial charge >= 0.3 is 5.97 Å². The molecule has 11 heteroatoms. The Morgan fingerprint density at radius 3 is 2.26 bits per heavy atom. The number of fused-ring (bicyclic) bond motifs is 5. The third-order valence-corrected chi connectivity index (χ3v) is 13.8. The highest BCUT2D eigenvalue weighted by Crippen LogP contribution is 2.70. The van der Waals surface area contributed by atoms with Crippen LogP contribution in [-0.2, 0) is 28.5 Å². The van der Waals surface area contributed by atoms with E-state index in [9.17, 15) is 30.3 Å². The van der Waals surface area contributed by atoms with Crippen LogP contribution in [0, 0.1) is 34.5 Å². The zero-order valence-electron chi connectivity index (χ0n) is 27.6. The molecule has 2 saturated heterocycles. The first-order chi connectivity index (χ1) is 21.7. The number of esters is 1. The van der Waals surface area contributed by atoms with E-state index in [1.165, 1.54) is 0 Å². The van der Waals surface area contributed by atoms with Crippen molar-refractivity contribution in [3.63, 3.8) is 0 Å². The second kappa shape index (κ2) is 12.0. The molecule has 7 aliphatic rings. The maximum absolute atomic E-state index is 12.5.